The van der Waals surface area contributed by atoms with Crippen molar-refractivity contribution in [1.82, 2.24) is 10.6 Å². The number of hydrogen-bond donors (Lipinski definition) is 2. The summed E-state index contributed by atoms with van der Waals surface area (Å²) >= 11 is 0. The van der Waals surface area contributed by atoms with Crippen molar-refractivity contribution < 1.29 is 23.9 Å². The van der Waals surface area contributed by atoms with E-state index < -0.39 is 11.9 Å². The van der Waals surface area contributed by atoms with Gasteiger partial charge in [0.25, 0.3) is 0 Å². The van der Waals surface area contributed by atoms with Crippen molar-refractivity contribution in [1.29, 1.82) is 0 Å². The third kappa shape index (κ3) is 8.25. The Bertz CT molecular complexity index is 557. The summed E-state index contributed by atoms with van der Waals surface area (Å²) in [6, 6.07) is 8.74. The Morgan fingerprint density at radius 2 is 1.78 bits per heavy atom. The van der Waals surface area contributed by atoms with Crippen LogP contribution in [0.15, 0.2) is 42.5 Å². The number of benzene rings is 1. The molecule has 0 heterocycles. The first-order valence-electron chi connectivity index (χ1n) is 7.02. The third-order valence-corrected chi connectivity index (χ3v) is 2.71. The minimum atomic E-state index is -0.686. The van der Waals surface area contributed by atoms with Gasteiger partial charge in [0.2, 0.25) is 0 Å². The van der Waals surface area contributed by atoms with Gasteiger partial charge in [0, 0.05) is 18.7 Å². The van der Waals surface area contributed by atoms with E-state index >= 15 is 0 Å². The summed E-state index contributed by atoms with van der Waals surface area (Å²) in [5.74, 6) is -1.33. The molecule has 0 radical (unpaired) electrons. The SMILES string of the molecule is COC(=O)/C=C/C(=O)OC[C@@H](C)NC(=O)NCc1ccccc1. The molecule has 7 nitrogen and oxygen atoms in total. The molecule has 0 saturated carbocycles. The molecule has 0 aliphatic carbocycles. The van der Waals surface area contributed by atoms with Gasteiger partial charge < -0.3 is 20.1 Å². The highest BCUT2D eigenvalue weighted by Crippen LogP contribution is 1.97. The average molecular weight is 320 g/mol. The van der Waals surface area contributed by atoms with Gasteiger partial charge in [-0.25, -0.2) is 14.4 Å². The van der Waals surface area contributed by atoms with Gasteiger partial charge in [-0.15, -0.1) is 0 Å². The number of ether oxygens (including phenoxy) is 2. The van der Waals surface area contributed by atoms with Gasteiger partial charge in [-0.1, -0.05) is 30.3 Å². The fourth-order valence-corrected chi connectivity index (χ4v) is 1.55. The zero-order chi connectivity index (χ0) is 17.1. The van der Waals surface area contributed by atoms with Gasteiger partial charge in [0.1, 0.15) is 6.61 Å². The quantitative estimate of drug-likeness (QED) is 0.580. The molecule has 0 aliphatic heterocycles. The summed E-state index contributed by atoms with van der Waals surface area (Å²) in [4.78, 5) is 33.8. The van der Waals surface area contributed by atoms with Crippen molar-refractivity contribution in [2.45, 2.75) is 19.5 Å². The first-order chi connectivity index (χ1) is 11.0. The second-order valence-corrected chi connectivity index (χ2v) is 4.70. The molecule has 0 unspecified atom stereocenters. The van der Waals surface area contributed by atoms with E-state index in [9.17, 15) is 14.4 Å². The van der Waals surface area contributed by atoms with Gasteiger partial charge in [-0.3, -0.25) is 0 Å². The zero-order valence-corrected chi connectivity index (χ0v) is 13.1. The molecule has 0 aliphatic rings. The van der Waals surface area contributed by atoms with Gasteiger partial charge in [-0.05, 0) is 12.5 Å². The maximum absolute atomic E-state index is 11.7. The molecule has 1 rings (SSSR count). The van der Waals surface area contributed by atoms with Crippen molar-refractivity contribution in [3.63, 3.8) is 0 Å². The molecule has 7 heteroatoms. The van der Waals surface area contributed by atoms with E-state index in [0.29, 0.717) is 6.54 Å². The molecule has 0 spiro atoms. The molecule has 23 heavy (non-hydrogen) atoms. The summed E-state index contributed by atoms with van der Waals surface area (Å²) in [6.45, 7) is 2.09. The highest BCUT2D eigenvalue weighted by atomic mass is 16.5. The standard InChI is InChI=1S/C16H20N2O5/c1-12(11-23-15(20)9-8-14(19)22-2)18-16(21)17-10-13-6-4-3-5-7-13/h3-9,12H,10-11H2,1-2H3,(H2,17,18,21)/b9-8+/t12-/m1/s1. The van der Waals surface area contributed by atoms with E-state index in [1.165, 1.54) is 7.11 Å². The lowest BCUT2D eigenvalue weighted by Crippen LogP contribution is -2.42. The van der Waals surface area contributed by atoms with Crippen LogP contribution >= 0.6 is 0 Å². The Balaban J connectivity index is 2.23. The summed E-state index contributed by atoms with van der Waals surface area (Å²) < 4.78 is 9.23. The molecular formula is C16H20N2O5. The van der Waals surface area contributed by atoms with Crippen molar-refractivity contribution in [2.24, 2.45) is 0 Å². The van der Waals surface area contributed by atoms with E-state index in [1.54, 1.807) is 6.92 Å². The largest absolute Gasteiger partial charge is 0.466 e. The predicted octanol–water partition coefficient (Wildman–Crippen LogP) is 1.15. The second-order valence-electron chi connectivity index (χ2n) is 4.70. The van der Waals surface area contributed by atoms with Crippen molar-refractivity contribution in [3.05, 3.63) is 48.0 Å². The lowest BCUT2D eigenvalue weighted by Gasteiger charge is -2.14. The number of carbonyl (C=O) groups is 3. The fourth-order valence-electron chi connectivity index (χ4n) is 1.55. The van der Waals surface area contributed by atoms with Crippen LogP contribution in [0.3, 0.4) is 0 Å². The number of esters is 2. The third-order valence-electron chi connectivity index (χ3n) is 2.71. The summed E-state index contributed by atoms with van der Waals surface area (Å²) in [5.41, 5.74) is 0.981. The number of carbonyl (C=O) groups excluding carboxylic acids is 3. The van der Waals surface area contributed by atoms with E-state index in [2.05, 4.69) is 15.4 Å². The van der Waals surface area contributed by atoms with Gasteiger partial charge in [0.05, 0.1) is 13.2 Å². The van der Waals surface area contributed by atoms with Crippen LogP contribution in [0.4, 0.5) is 4.79 Å². The predicted molar refractivity (Wildman–Crippen MR) is 83.4 cm³/mol. The average Bonchev–Trinajstić information content (AvgIpc) is 2.56. The Morgan fingerprint density at radius 1 is 1.13 bits per heavy atom. The number of amides is 2. The van der Waals surface area contributed by atoms with Crippen LogP contribution in [-0.4, -0.2) is 37.7 Å². The minimum Gasteiger partial charge on any atom is -0.466 e. The molecule has 1 atom stereocenters. The molecule has 124 valence electrons. The first kappa shape index (κ1) is 18.2. The number of urea groups is 1. The van der Waals surface area contributed by atoms with E-state index in [1.807, 2.05) is 30.3 Å². The first-order valence-corrected chi connectivity index (χ1v) is 7.02. The van der Waals surface area contributed by atoms with E-state index in [-0.39, 0.29) is 18.7 Å². The molecule has 0 aromatic heterocycles. The van der Waals surface area contributed by atoms with Gasteiger partial charge >= 0.3 is 18.0 Å². The number of hydrogen-bond acceptors (Lipinski definition) is 5. The summed E-state index contributed by atoms with van der Waals surface area (Å²) in [5, 5.41) is 5.34. The fraction of sp³-hybridized carbons (Fsp3) is 0.312. The van der Waals surface area contributed by atoms with Crippen molar-refractivity contribution >= 4 is 18.0 Å². The zero-order valence-electron chi connectivity index (χ0n) is 13.1. The van der Waals surface area contributed by atoms with E-state index in [4.69, 9.17) is 4.74 Å². The van der Waals surface area contributed by atoms with E-state index in [0.717, 1.165) is 17.7 Å². The lowest BCUT2D eigenvalue weighted by atomic mass is 10.2. The molecule has 0 bridgehead atoms. The van der Waals surface area contributed by atoms with Crippen LogP contribution in [-0.2, 0) is 25.6 Å². The molecule has 1 aromatic rings. The van der Waals surface area contributed by atoms with Crippen LogP contribution in [0.25, 0.3) is 0 Å². The summed E-state index contributed by atoms with van der Waals surface area (Å²) in [6.07, 6.45) is 1.93. The van der Waals surface area contributed by atoms with Crippen LogP contribution in [0.1, 0.15) is 12.5 Å². The Kier molecular flexibility index (Phi) is 7.91. The maximum Gasteiger partial charge on any atom is 0.331 e. The molecule has 0 saturated heterocycles. The Hall–Kier alpha value is -2.83. The lowest BCUT2D eigenvalue weighted by molar-refractivity contribution is -0.139. The van der Waals surface area contributed by atoms with Crippen LogP contribution in [0, 0.1) is 0 Å². The van der Waals surface area contributed by atoms with Crippen LogP contribution in [0.2, 0.25) is 0 Å². The highest BCUT2D eigenvalue weighted by molar-refractivity contribution is 5.91. The number of nitrogens with one attached hydrogen (secondary N) is 2. The Morgan fingerprint density at radius 3 is 2.43 bits per heavy atom. The molecule has 2 amide bonds. The number of rotatable bonds is 7. The van der Waals surface area contributed by atoms with Gasteiger partial charge in [-0.2, -0.15) is 0 Å². The monoisotopic (exact) mass is 320 g/mol. The molecule has 0 fully saturated rings. The van der Waals surface area contributed by atoms with Crippen LogP contribution in [0.5, 0.6) is 0 Å². The van der Waals surface area contributed by atoms with Crippen LogP contribution < -0.4 is 10.6 Å². The normalized spacial score (nSPS) is 11.6. The van der Waals surface area contributed by atoms with Gasteiger partial charge in [0.15, 0.2) is 0 Å². The highest BCUT2D eigenvalue weighted by Gasteiger charge is 2.09. The summed E-state index contributed by atoms with van der Waals surface area (Å²) in [7, 11) is 1.21. The minimum absolute atomic E-state index is 0.0108. The maximum atomic E-state index is 11.7. The van der Waals surface area contributed by atoms with Crippen molar-refractivity contribution in [2.75, 3.05) is 13.7 Å². The number of methoxy groups -OCH3 is 1. The van der Waals surface area contributed by atoms with Crippen molar-refractivity contribution in [3.8, 4) is 0 Å². The second kappa shape index (κ2) is 9.99. The molecule has 2 N–H and O–H groups in total. The Labute approximate surface area is 134 Å². The molecule has 1 aromatic carbocycles. The topological polar surface area (TPSA) is 93.7 Å². The smallest absolute Gasteiger partial charge is 0.331 e. The molecular weight excluding hydrogens is 300 g/mol.